The smallest absolute Gasteiger partial charge is 0.349 e. The summed E-state index contributed by atoms with van der Waals surface area (Å²) in [7, 11) is -2.70. The van der Waals surface area contributed by atoms with E-state index in [0.29, 0.717) is 0 Å². The van der Waals surface area contributed by atoms with Crippen molar-refractivity contribution in [2.45, 2.75) is 0 Å². The van der Waals surface area contributed by atoms with Crippen molar-refractivity contribution >= 4 is 16.5 Å². The summed E-state index contributed by atoms with van der Waals surface area (Å²) < 4.78 is 21.0. The van der Waals surface area contributed by atoms with Crippen LogP contribution in [0.5, 0.6) is 0 Å². The Morgan fingerprint density at radius 3 is 1.62 bits per heavy atom. The van der Waals surface area contributed by atoms with Crippen molar-refractivity contribution in [1.82, 2.24) is 15.0 Å². The number of urea groups is 1. The van der Waals surface area contributed by atoms with Gasteiger partial charge in [-0.1, -0.05) is 4.36 Å². The van der Waals surface area contributed by atoms with Crippen LogP contribution < -0.4 is 5.73 Å². The molecular formula is C4H5N5O3S. The molecule has 0 saturated heterocycles. The Hall–Kier alpha value is -1.90. The quantitative estimate of drug-likeness (QED) is 0.575. The third kappa shape index (κ3) is 10.1. The minimum atomic E-state index is -2.70. The van der Waals surface area contributed by atoms with E-state index in [1.165, 1.54) is 19.0 Å². The van der Waals surface area contributed by atoms with Crippen LogP contribution in [0.3, 0.4) is 0 Å². The van der Waals surface area contributed by atoms with Crippen molar-refractivity contribution < 1.29 is 13.2 Å². The lowest BCUT2D eigenvalue weighted by molar-refractivity contribution is 0.257. The Bertz CT molecular complexity index is 339. The van der Waals surface area contributed by atoms with Crippen LogP contribution in [0, 0.1) is 0 Å². The van der Waals surface area contributed by atoms with Crippen molar-refractivity contribution in [2.75, 3.05) is 0 Å². The summed E-state index contributed by atoms with van der Waals surface area (Å²) >= 11 is 0. The van der Waals surface area contributed by atoms with Crippen LogP contribution in [0.4, 0.5) is 4.79 Å². The molecule has 0 aliphatic carbocycles. The number of aromatic nitrogens is 3. The number of nitrogens with two attached hydrogens (primary N) is 1. The Balaban J connectivity index is 0.000000223. The van der Waals surface area contributed by atoms with Gasteiger partial charge in [0.25, 0.3) is 0 Å². The molecule has 0 aliphatic heterocycles. The summed E-state index contributed by atoms with van der Waals surface area (Å²) in [5, 5.41) is 0. The van der Waals surface area contributed by atoms with Gasteiger partial charge in [0.15, 0.2) is 0 Å². The maximum atomic E-state index is 9.47. The van der Waals surface area contributed by atoms with Crippen LogP contribution in [-0.4, -0.2) is 29.4 Å². The first kappa shape index (κ1) is 11.1. The normalized spacial score (nSPS) is 7.69. The first-order valence-electron chi connectivity index (χ1n) is 2.78. The van der Waals surface area contributed by atoms with Crippen molar-refractivity contribution in [3.8, 4) is 0 Å². The van der Waals surface area contributed by atoms with Gasteiger partial charge in [-0.3, -0.25) is 0 Å². The highest BCUT2D eigenvalue weighted by Crippen LogP contribution is 1.60. The van der Waals surface area contributed by atoms with Gasteiger partial charge in [0, 0.05) is 0 Å². The molecule has 0 aliphatic rings. The number of nitrogens with zero attached hydrogens (tertiary/aromatic N) is 4. The molecule has 70 valence electrons. The van der Waals surface area contributed by atoms with Crippen LogP contribution in [0.1, 0.15) is 0 Å². The van der Waals surface area contributed by atoms with Gasteiger partial charge in [-0.2, -0.15) is 8.42 Å². The largest absolute Gasteiger partial charge is 0.353 e. The van der Waals surface area contributed by atoms with Gasteiger partial charge in [-0.05, 0) is 0 Å². The summed E-state index contributed by atoms with van der Waals surface area (Å²) in [5.41, 5.74) is 4.29. The van der Waals surface area contributed by atoms with E-state index in [-0.39, 0.29) is 0 Å². The molecule has 9 heteroatoms. The van der Waals surface area contributed by atoms with Crippen LogP contribution in [0.2, 0.25) is 0 Å². The summed E-state index contributed by atoms with van der Waals surface area (Å²) in [6, 6.07) is -1.20. The first-order valence-corrected chi connectivity index (χ1v) is 3.81. The van der Waals surface area contributed by atoms with Crippen molar-refractivity contribution in [3.63, 3.8) is 0 Å². The number of amides is 2. The molecule has 2 amide bonds. The number of rotatable bonds is 0. The molecule has 0 saturated carbocycles. The first-order chi connectivity index (χ1) is 6.13. The Kier molecular flexibility index (Phi) is 5.80. The Morgan fingerprint density at radius 1 is 1.15 bits per heavy atom. The molecular weight excluding hydrogens is 198 g/mol. The molecule has 0 radical (unpaired) electrons. The standard InChI is InChI=1S/C3H3N3.CH2N2O3S/c1-4-2-6-3-5-1;2-1(4)3-7(5)6/h1-3H;(H2,2,4). The van der Waals surface area contributed by atoms with Gasteiger partial charge >= 0.3 is 16.5 Å². The topological polar surface area (TPSA) is 128 Å². The fourth-order valence-electron chi connectivity index (χ4n) is 0.278. The molecule has 0 fully saturated rings. The van der Waals surface area contributed by atoms with E-state index in [1.54, 1.807) is 0 Å². The average Bonchev–Trinajstić information content (AvgIpc) is 2.06. The zero-order chi connectivity index (χ0) is 10.1. The van der Waals surface area contributed by atoms with Crippen molar-refractivity contribution in [3.05, 3.63) is 19.0 Å². The second kappa shape index (κ2) is 6.79. The third-order valence-corrected chi connectivity index (χ3v) is 0.894. The fraction of sp³-hybridized carbons (Fsp3) is 0. The molecule has 13 heavy (non-hydrogen) atoms. The summed E-state index contributed by atoms with van der Waals surface area (Å²) in [5.74, 6) is 0. The number of hydrogen-bond donors (Lipinski definition) is 1. The maximum Gasteiger partial charge on any atom is 0.353 e. The molecule has 0 unspecified atom stereocenters. The molecule has 0 aromatic carbocycles. The summed E-state index contributed by atoms with van der Waals surface area (Å²) in [6.07, 6.45) is 4.31. The monoisotopic (exact) mass is 203 g/mol. The van der Waals surface area contributed by atoms with Crippen LogP contribution in [0.25, 0.3) is 0 Å². The van der Waals surface area contributed by atoms with E-state index in [2.05, 4.69) is 25.0 Å². The number of carbonyl (C=O) groups excluding carboxylic acids is 1. The lowest BCUT2D eigenvalue weighted by atomic mass is 11.1. The van der Waals surface area contributed by atoms with E-state index in [4.69, 9.17) is 0 Å². The second-order valence-corrected chi connectivity index (χ2v) is 2.06. The molecule has 0 spiro atoms. The molecule has 1 rings (SSSR count). The van der Waals surface area contributed by atoms with Crippen molar-refractivity contribution in [1.29, 1.82) is 0 Å². The molecule has 1 aromatic heterocycles. The van der Waals surface area contributed by atoms with E-state index in [0.717, 1.165) is 0 Å². The molecule has 2 N–H and O–H groups in total. The second-order valence-electron chi connectivity index (χ2n) is 1.44. The van der Waals surface area contributed by atoms with E-state index in [9.17, 15) is 13.2 Å². The molecule has 0 atom stereocenters. The van der Waals surface area contributed by atoms with Gasteiger partial charge in [0.05, 0.1) is 0 Å². The Morgan fingerprint density at radius 2 is 1.54 bits per heavy atom. The van der Waals surface area contributed by atoms with Gasteiger partial charge < -0.3 is 5.73 Å². The number of carbonyl (C=O) groups is 1. The van der Waals surface area contributed by atoms with Crippen LogP contribution in [-0.2, 0) is 10.5 Å². The third-order valence-electron chi connectivity index (χ3n) is 0.565. The SMILES string of the molecule is NC(=O)N=S(=O)=O.c1ncncn1. The highest BCUT2D eigenvalue weighted by Gasteiger charge is 1.80. The summed E-state index contributed by atoms with van der Waals surface area (Å²) in [4.78, 5) is 20.2. The van der Waals surface area contributed by atoms with Gasteiger partial charge in [-0.25, -0.2) is 19.7 Å². The highest BCUT2D eigenvalue weighted by atomic mass is 32.2. The minimum absolute atomic E-state index is 1.20. The number of primary amides is 1. The van der Waals surface area contributed by atoms with E-state index < -0.39 is 16.5 Å². The lowest BCUT2D eigenvalue weighted by Crippen LogP contribution is -2.02. The minimum Gasteiger partial charge on any atom is -0.349 e. The zero-order valence-corrected chi connectivity index (χ0v) is 7.05. The average molecular weight is 203 g/mol. The summed E-state index contributed by atoms with van der Waals surface area (Å²) in [6.45, 7) is 0. The highest BCUT2D eigenvalue weighted by molar-refractivity contribution is 7.62. The Labute approximate surface area is 74.6 Å². The van der Waals surface area contributed by atoms with E-state index in [1.807, 2.05) is 0 Å². The predicted octanol–water partition coefficient (Wildman–Crippen LogP) is -1.00. The molecule has 1 aromatic rings. The van der Waals surface area contributed by atoms with Crippen LogP contribution >= 0.6 is 0 Å². The van der Waals surface area contributed by atoms with Crippen molar-refractivity contribution in [2.24, 2.45) is 10.1 Å². The van der Waals surface area contributed by atoms with E-state index >= 15 is 0 Å². The molecule has 0 bridgehead atoms. The predicted molar refractivity (Wildman–Crippen MR) is 40.8 cm³/mol. The van der Waals surface area contributed by atoms with Gasteiger partial charge in [0.1, 0.15) is 19.0 Å². The van der Waals surface area contributed by atoms with Gasteiger partial charge in [0.2, 0.25) is 0 Å². The lowest BCUT2D eigenvalue weighted by Gasteiger charge is -1.69. The molecule has 8 nitrogen and oxygen atoms in total. The number of hydrogen-bond acceptors (Lipinski definition) is 6. The molecule has 1 heterocycles. The zero-order valence-electron chi connectivity index (χ0n) is 6.23. The fourth-order valence-corrected chi connectivity index (χ4v) is 0.425. The van der Waals surface area contributed by atoms with Crippen LogP contribution in [0.15, 0.2) is 23.3 Å². The van der Waals surface area contributed by atoms with Gasteiger partial charge in [-0.15, -0.1) is 0 Å². The maximum absolute atomic E-state index is 9.47.